The smallest absolute Gasteiger partial charge is 0.137 e. The van der Waals surface area contributed by atoms with Gasteiger partial charge in [-0.1, -0.05) is 36.0 Å². The van der Waals surface area contributed by atoms with Crippen LogP contribution in [-0.2, 0) is 6.42 Å². The summed E-state index contributed by atoms with van der Waals surface area (Å²) in [6, 6.07) is 14.6. The number of hydrazone groups is 1. The topological polar surface area (TPSA) is 74.6 Å². The first-order valence-corrected chi connectivity index (χ1v) is 10.9. The maximum absolute atomic E-state index is 9.56. The summed E-state index contributed by atoms with van der Waals surface area (Å²) >= 11 is 1.72. The second kappa shape index (κ2) is 8.10. The van der Waals surface area contributed by atoms with Gasteiger partial charge in [-0.05, 0) is 61.9 Å². The van der Waals surface area contributed by atoms with Gasteiger partial charge in [0.15, 0.2) is 0 Å². The van der Waals surface area contributed by atoms with Gasteiger partial charge >= 0.3 is 0 Å². The Labute approximate surface area is 176 Å². The molecule has 2 aromatic carbocycles. The predicted molar refractivity (Wildman–Crippen MR) is 118 cm³/mol. The van der Waals surface area contributed by atoms with E-state index in [-0.39, 0.29) is 17.5 Å². The normalized spacial score (nSPS) is 21.0. The number of hydrogen-bond acceptors (Lipinski definition) is 6. The first-order chi connectivity index (χ1) is 14.0. The minimum atomic E-state index is 0.0262. The number of hydrogen-bond donors (Lipinski definition) is 1. The summed E-state index contributed by atoms with van der Waals surface area (Å²) in [4.78, 5) is 0. The summed E-state index contributed by atoms with van der Waals surface area (Å²) in [6.45, 7) is 3.92. The van der Waals surface area contributed by atoms with Crippen LogP contribution in [0.3, 0.4) is 0 Å². The third kappa shape index (κ3) is 3.85. The number of nitriles is 1. The average molecular weight is 407 g/mol. The fourth-order valence-corrected chi connectivity index (χ4v) is 5.22. The zero-order chi connectivity index (χ0) is 20.5. The molecule has 1 aliphatic carbocycles. The van der Waals surface area contributed by atoms with Crippen molar-refractivity contribution in [2.45, 2.75) is 50.6 Å². The van der Waals surface area contributed by atoms with Crippen molar-refractivity contribution in [1.82, 2.24) is 5.01 Å². The van der Waals surface area contributed by atoms with Gasteiger partial charge in [-0.2, -0.15) is 10.4 Å². The number of nitrogens with two attached hydrogens (primary N) is 1. The maximum atomic E-state index is 9.56. The Hall–Kier alpha value is -2.49. The molecule has 0 aromatic heterocycles. The molecule has 0 spiro atoms. The Bertz CT molecular complexity index is 995. The molecule has 2 unspecified atom stereocenters. The third-order valence-corrected chi connectivity index (χ3v) is 6.69. The largest absolute Gasteiger partial charge is 0.490 e. The molecule has 2 aromatic rings. The molecule has 150 valence electrons. The fourth-order valence-electron chi connectivity index (χ4n) is 4.03. The highest BCUT2D eigenvalue weighted by atomic mass is 32.2. The van der Waals surface area contributed by atoms with E-state index in [4.69, 9.17) is 15.6 Å². The van der Waals surface area contributed by atoms with E-state index >= 15 is 0 Å². The lowest BCUT2D eigenvalue weighted by atomic mass is 9.85. The predicted octanol–water partition coefficient (Wildman–Crippen LogP) is 4.72. The zero-order valence-electron chi connectivity index (χ0n) is 17.1. The Morgan fingerprint density at radius 1 is 1.31 bits per heavy atom. The van der Waals surface area contributed by atoms with E-state index in [1.54, 1.807) is 11.8 Å². The SMILES string of the molecule is CC(C)Oc1ccc(C2SC(c3cccc4c3CCCC4N)=NN2C)cc1C#N. The van der Waals surface area contributed by atoms with Crippen LogP contribution in [0, 0.1) is 11.3 Å². The quantitative estimate of drug-likeness (QED) is 0.795. The number of ether oxygens (including phenoxy) is 1. The molecular weight excluding hydrogens is 380 g/mol. The van der Waals surface area contributed by atoms with Gasteiger partial charge in [-0.3, -0.25) is 5.01 Å². The van der Waals surface area contributed by atoms with Crippen LogP contribution in [0.2, 0.25) is 0 Å². The first-order valence-electron chi connectivity index (χ1n) is 10.0. The van der Waals surface area contributed by atoms with Gasteiger partial charge in [-0.25, -0.2) is 0 Å². The van der Waals surface area contributed by atoms with Crippen molar-refractivity contribution in [2.75, 3.05) is 7.05 Å². The lowest BCUT2D eigenvalue weighted by molar-refractivity contribution is 0.241. The number of fused-ring (bicyclic) bond motifs is 1. The summed E-state index contributed by atoms with van der Waals surface area (Å²) in [5.41, 5.74) is 11.7. The van der Waals surface area contributed by atoms with Crippen molar-refractivity contribution in [3.63, 3.8) is 0 Å². The molecule has 5 nitrogen and oxygen atoms in total. The van der Waals surface area contributed by atoms with Crippen LogP contribution in [-0.4, -0.2) is 23.2 Å². The Morgan fingerprint density at radius 3 is 2.90 bits per heavy atom. The van der Waals surface area contributed by atoms with Crippen molar-refractivity contribution in [3.05, 3.63) is 64.2 Å². The molecule has 6 heteroatoms. The Morgan fingerprint density at radius 2 is 2.14 bits per heavy atom. The maximum Gasteiger partial charge on any atom is 0.137 e. The van der Waals surface area contributed by atoms with Crippen molar-refractivity contribution in [2.24, 2.45) is 10.8 Å². The van der Waals surface area contributed by atoms with Gasteiger partial charge in [0.25, 0.3) is 0 Å². The molecule has 0 radical (unpaired) electrons. The third-order valence-electron chi connectivity index (χ3n) is 5.37. The summed E-state index contributed by atoms with van der Waals surface area (Å²) in [6.07, 6.45) is 3.24. The van der Waals surface area contributed by atoms with E-state index in [2.05, 4.69) is 24.3 Å². The second-order valence-electron chi connectivity index (χ2n) is 7.86. The van der Waals surface area contributed by atoms with E-state index in [0.717, 1.165) is 29.9 Å². The fraction of sp³-hybridized carbons (Fsp3) is 0.391. The van der Waals surface area contributed by atoms with Gasteiger partial charge in [0.2, 0.25) is 0 Å². The van der Waals surface area contributed by atoms with Crippen LogP contribution in [0.4, 0.5) is 0 Å². The van der Waals surface area contributed by atoms with E-state index < -0.39 is 0 Å². The van der Waals surface area contributed by atoms with Gasteiger partial charge < -0.3 is 10.5 Å². The highest BCUT2D eigenvalue weighted by molar-refractivity contribution is 8.14. The molecule has 0 amide bonds. The summed E-state index contributed by atoms with van der Waals surface area (Å²) < 4.78 is 5.76. The highest BCUT2D eigenvalue weighted by Crippen LogP contribution is 2.43. The van der Waals surface area contributed by atoms with Crippen LogP contribution < -0.4 is 10.5 Å². The van der Waals surface area contributed by atoms with Gasteiger partial charge in [0, 0.05) is 18.7 Å². The van der Waals surface area contributed by atoms with Crippen LogP contribution in [0.15, 0.2) is 41.5 Å². The Balaban J connectivity index is 1.62. The van der Waals surface area contributed by atoms with Gasteiger partial charge in [0.05, 0.1) is 11.7 Å². The van der Waals surface area contributed by atoms with Crippen LogP contribution in [0.25, 0.3) is 0 Å². The molecular formula is C23H26N4OS. The first kappa shape index (κ1) is 19.8. The van der Waals surface area contributed by atoms with Gasteiger partial charge in [-0.15, -0.1) is 0 Å². The number of rotatable bonds is 4. The van der Waals surface area contributed by atoms with Gasteiger partial charge in [0.1, 0.15) is 22.2 Å². The minimum absolute atomic E-state index is 0.0262. The summed E-state index contributed by atoms with van der Waals surface area (Å²) in [5.74, 6) is 0.629. The van der Waals surface area contributed by atoms with Crippen molar-refractivity contribution >= 4 is 16.8 Å². The lowest BCUT2D eigenvalue weighted by Crippen LogP contribution is -2.19. The van der Waals surface area contributed by atoms with Crippen LogP contribution in [0.5, 0.6) is 5.75 Å². The van der Waals surface area contributed by atoms with Crippen LogP contribution in [0.1, 0.15) is 65.9 Å². The standard InChI is InChI=1S/C23H26N4OS/c1-14(2)28-21-11-10-15(12-16(21)13-24)23-27(3)26-22(29-23)19-8-4-7-18-17(19)6-5-9-20(18)25/h4,7-8,10-12,14,20,23H,5-6,9,25H2,1-3H3. The lowest BCUT2D eigenvalue weighted by Gasteiger charge is -2.24. The van der Waals surface area contributed by atoms with Crippen LogP contribution >= 0.6 is 11.8 Å². The molecule has 2 N–H and O–H groups in total. The minimum Gasteiger partial charge on any atom is -0.490 e. The molecule has 0 saturated carbocycles. The average Bonchev–Trinajstić information content (AvgIpc) is 3.09. The summed E-state index contributed by atoms with van der Waals surface area (Å²) in [7, 11) is 1.98. The molecule has 0 fully saturated rings. The molecule has 2 aliphatic rings. The highest BCUT2D eigenvalue weighted by Gasteiger charge is 2.30. The Kier molecular flexibility index (Phi) is 5.53. The molecule has 2 atom stereocenters. The molecule has 29 heavy (non-hydrogen) atoms. The second-order valence-corrected chi connectivity index (χ2v) is 8.92. The molecule has 1 heterocycles. The molecule has 0 bridgehead atoms. The van der Waals surface area contributed by atoms with Crippen molar-refractivity contribution in [3.8, 4) is 11.8 Å². The number of benzene rings is 2. The summed E-state index contributed by atoms with van der Waals surface area (Å²) in [5, 5.41) is 17.4. The van der Waals surface area contributed by atoms with E-state index in [1.807, 2.05) is 44.1 Å². The van der Waals surface area contributed by atoms with E-state index in [0.29, 0.717) is 11.3 Å². The van der Waals surface area contributed by atoms with Crippen molar-refractivity contribution < 1.29 is 4.74 Å². The molecule has 0 saturated heterocycles. The van der Waals surface area contributed by atoms with Crippen molar-refractivity contribution in [1.29, 1.82) is 5.26 Å². The molecule has 1 aliphatic heterocycles. The zero-order valence-corrected chi connectivity index (χ0v) is 17.9. The van der Waals surface area contributed by atoms with E-state index in [9.17, 15) is 5.26 Å². The van der Waals surface area contributed by atoms with E-state index in [1.165, 1.54) is 16.7 Å². The molecule has 4 rings (SSSR count). The number of nitrogens with zero attached hydrogens (tertiary/aromatic N) is 3. The number of thioether (sulfide) groups is 1. The monoisotopic (exact) mass is 406 g/mol.